The van der Waals surface area contributed by atoms with E-state index < -0.39 is 0 Å². The topological polar surface area (TPSA) is 105 Å². The number of rotatable bonds is 5. The van der Waals surface area contributed by atoms with Gasteiger partial charge in [0.25, 0.3) is 0 Å². The fraction of sp³-hybridized carbons (Fsp3) is 0.533. The first-order valence-electron chi connectivity index (χ1n) is 8.13. The molecule has 1 atom stereocenters. The molecule has 1 amide bonds. The summed E-state index contributed by atoms with van der Waals surface area (Å²) in [7, 11) is 0. The Labute approximate surface area is 143 Å². The normalized spacial score (nSPS) is 19.6. The molecule has 2 aromatic heterocycles. The monoisotopic (exact) mass is 345 g/mol. The summed E-state index contributed by atoms with van der Waals surface area (Å²) in [5, 5.41) is 19.4. The van der Waals surface area contributed by atoms with Gasteiger partial charge < -0.3 is 16.0 Å². The lowest BCUT2D eigenvalue weighted by molar-refractivity contribution is -0.117. The smallest absolute Gasteiger partial charge is 0.247 e. The maximum atomic E-state index is 12.3. The van der Waals surface area contributed by atoms with Crippen LogP contribution in [0.4, 0.5) is 22.5 Å². The first kappa shape index (κ1) is 15.3. The van der Waals surface area contributed by atoms with E-state index in [-0.39, 0.29) is 11.9 Å². The van der Waals surface area contributed by atoms with Gasteiger partial charge in [-0.1, -0.05) is 25.2 Å². The van der Waals surface area contributed by atoms with E-state index in [0.29, 0.717) is 34.3 Å². The van der Waals surface area contributed by atoms with Crippen LogP contribution in [0, 0.1) is 5.92 Å². The maximum Gasteiger partial charge on any atom is 0.247 e. The average molecular weight is 345 g/mol. The van der Waals surface area contributed by atoms with Crippen molar-refractivity contribution in [2.24, 2.45) is 5.92 Å². The molecule has 3 N–H and O–H groups in total. The number of carbonyl (C=O) groups is 1. The van der Waals surface area contributed by atoms with Crippen molar-refractivity contribution in [1.29, 1.82) is 0 Å². The maximum absolute atomic E-state index is 12.3. The number of amides is 1. The summed E-state index contributed by atoms with van der Waals surface area (Å²) in [5.41, 5.74) is 0.561. The van der Waals surface area contributed by atoms with Gasteiger partial charge in [0.1, 0.15) is 23.1 Å². The van der Waals surface area contributed by atoms with E-state index in [0.717, 1.165) is 11.4 Å². The van der Waals surface area contributed by atoms with E-state index in [9.17, 15) is 4.79 Å². The molecule has 1 aliphatic carbocycles. The van der Waals surface area contributed by atoms with Gasteiger partial charge in [-0.05, 0) is 25.2 Å². The van der Waals surface area contributed by atoms with E-state index in [1.807, 2.05) is 0 Å². The van der Waals surface area contributed by atoms with Crippen LogP contribution in [-0.2, 0) is 4.79 Å². The van der Waals surface area contributed by atoms with Crippen molar-refractivity contribution >= 4 is 39.7 Å². The van der Waals surface area contributed by atoms with E-state index in [2.05, 4.69) is 50.0 Å². The molecule has 4 rings (SSSR count). The predicted molar refractivity (Wildman–Crippen MR) is 92.7 cm³/mol. The zero-order valence-corrected chi connectivity index (χ0v) is 14.4. The lowest BCUT2D eigenvalue weighted by Crippen LogP contribution is -2.40. The van der Waals surface area contributed by atoms with Crippen LogP contribution in [0.3, 0.4) is 0 Å². The van der Waals surface area contributed by atoms with Crippen LogP contribution >= 0.6 is 11.3 Å². The molecule has 0 saturated heterocycles. The lowest BCUT2D eigenvalue weighted by atomic mass is 10.0. The van der Waals surface area contributed by atoms with Crippen LogP contribution < -0.4 is 16.0 Å². The van der Waals surface area contributed by atoms with Gasteiger partial charge in [0.15, 0.2) is 11.6 Å². The van der Waals surface area contributed by atoms with Crippen LogP contribution in [0.1, 0.15) is 44.0 Å². The molecule has 3 heterocycles. The van der Waals surface area contributed by atoms with Crippen molar-refractivity contribution in [2.45, 2.75) is 45.1 Å². The molecule has 0 spiro atoms. The molecule has 126 valence electrons. The SMILES string of the molecule is CC(C)CC1Nc2ncnc(Nc3nnc(C4CC4)s3)c2NC1=O. The second-order valence-electron chi connectivity index (χ2n) is 6.61. The predicted octanol–water partition coefficient (Wildman–Crippen LogP) is 2.73. The largest absolute Gasteiger partial charge is 0.356 e. The highest BCUT2D eigenvalue weighted by atomic mass is 32.1. The fourth-order valence-corrected chi connectivity index (χ4v) is 3.58. The van der Waals surface area contributed by atoms with E-state index in [1.54, 1.807) is 0 Å². The molecule has 2 aliphatic rings. The number of hydrogen-bond acceptors (Lipinski definition) is 8. The van der Waals surface area contributed by atoms with Crippen molar-refractivity contribution in [3.8, 4) is 0 Å². The minimum Gasteiger partial charge on any atom is -0.356 e. The Morgan fingerprint density at radius 1 is 1.33 bits per heavy atom. The van der Waals surface area contributed by atoms with Crippen LogP contribution in [-0.4, -0.2) is 32.1 Å². The number of nitrogens with one attached hydrogen (secondary N) is 3. The van der Waals surface area contributed by atoms with Crippen molar-refractivity contribution in [3.63, 3.8) is 0 Å². The van der Waals surface area contributed by atoms with Crippen molar-refractivity contribution in [1.82, 2.24) is 20.2 Å². The summed E-state index contributed by atoms with van der Waals surface area (Å²) in [6.45, 7) is 4.18. The minimum absolute atomic E-state index is 0.0648. The van der Waals surface area contributed by atoms with Crippen molar-refractivity contribution in [2.75, 3.05) is 16.0 Å². The summed E-state index contributed by atoms with van der Waals surface area (Å²) in [6.07, 6.45) is 4.60. The number of hydrogen-bond donors (Lipinski definition) is 3. The standard InChI is InChI=1S/C15H19N7OS/c1-7(2)5-9-13(23)19-10-11(18-9)16-6-17-12(10)20-15-22-21-14(24-15)8-3-4-8/h6-9H,3-5H2,1-2H3,(H,19,23)(H2,16,17,18,20,22). The third kappa shape index (κ3) is 3.03. The third-order valence-electron chi connectivity index (χ3n) is 4.02. The van der Waals surface area contributed by atoms with E-state index >= 15 is 0 Å². The number of carbonyl (C=O) groups excluding carboxylic acids is 1. The molecule has 2 aromatic rings. The third-order valence-corrected chi connectivity index (χ3v) is 5.02. The zero-order valence-electron chi connectivity index (χ0n) is 13.5. The van der Waals surface area contributed by atoms with Gasteiger partial charge >= 0.3 is 0 Å². The lowest BCUT2D eigenvalue weighted by Gasteiger charge is -2.27. The Hall–Kier alpha value is -2.29. The van der Waals surface area contributed by atoms with Gasteiger partial charge in [-0.3, -0.25) is 4.79 Å². The molecule has 0 radical (unpaired) electrons. The minimum atomic E-state index is -0.275. The Balaban J connectivity index is 1.56. The second-order valence-corrected chi connectivity index (χ2v) is 7.62. The molecule has 0 aromatic carbocycles. The van der Waals surface area contributed by atoms with Crippen LogP contribution in [0.15, 0.2) is 6.33 Å². The first-order valence-corrected chi connectivity index (χ1v) is 8.94. The Morgan fingerprint density at radius 2 is 2.17 bits per heavy atom. The summed E-state index contributed by atoms with van der Waals surface area (Å²) < 4.78 is 0. The highest BCUT2D eigenvalue weighted by molar-refractivity contribution is 7.15. The summed E-state index contributed by atoms with van der Waals surface area (Å²) in [4.78, 5) is 20.8. The van der Waals surface area contributed by atoms with Gasteiger partial charge in [-0.25, -0.2) is 9.97 Å². The second kappa shape index (κ2) is 5.97. The molecular weight excluding hydrogens is 326 g/mol. The summed E-state index contributed by atoms with van der Waals surface area (Å²) >= 11 is 1.53. The molecule has 0 bridgehead atoms. The highest BCUT2D eigenvalue weighted by Crippen LogP contribution is 2.42. The van der Waals surface area contributed by atoms with Crippen LogP contribution in [0.2, 0.25) is 0 Å². The Bertz CT molecular complexity index is 771. The van der Waals surface area contributed by atoms with Crippen LogP contribution in [0.5, 0.6) is 0 Å². The number of nitrogens with zero attached hydrogens (tertiary/aromatic N) is 4. The Morgan fingerprint density at radius 3 is 2.92 bits per heavy atom. The van der Waals surface area contributed by atoms with Crippen LogP contribution in [0.25, 0.3) is 0 Å². The van der Waals surface area contributed by atoms with E-state index in [4.69, 9.17) is 0 Å². The summed E-state index contributed by atoms with van der Waals surface area (Å²) in [6, 6.07) is -0.275. The van der Waals surface area contributed by atoms with Gasteiger partial charge in [0.2, 0.25) is 11.0 Å². The number of fused-ring (bicyclic) bond motifs is 1. The fourth-order valence-electron chi connectivity index (χ4n) is 2.67. The highest BCUT2D eigenvalue weighted by Gasteiger charge is 2.30. The quantitative estimate of drug-likeness (QED) is 0.765. The molecule has 1 aliphatic heterocycles. The molecule has 1 unspecified atom stereocenters. The molecule has 1 saturated carbocycles. The van der Waals surface area contributed by atoms with Crippen molar-refractivity contribution < 1.29 is 4.79 Å². The number of anilines is 4. The van der Waals surface area contributed by atoms with Gasteiger partial charge in [0.05, 0.1) is 0 Å². The average Bonchev–Trinajstić information content (AvgIpc) is 3.28. The molecule has 9 heteroatoms. The van der Waals surface area contributed by atoms with Crippen molar-refractivity contribution in [3.05, 3.63) is 11.3 Å². The van der Waals surface area contributed by atoms with Gasteiger partial charge in [-0.2, -0.15) is 0 Å². The first-order chi connectivity index (χ1) is 11.6. The molecule has 24 heavy (non-hydrogen) atoms. The Kier molecular flexibility index (Phi) is 3.79. The molecule has 1 fully saturated rings. The van der Waals surface area contributed by atoms with Gasteiger partial charge in [0, 0.05) is 5.92 Å². The zero-order chi connectivity index (χ0) is 16.7. The van der Waals surface area contributed by atoms with E-state index in [1.165, 1.54) is 30.5 Å². The van der Waals surface area contributed by atoms with Gasteiger partial charge in [-0.15, -0.1) is 10.2 Å². The summed E-state index contributed by atoms with van der Waals surface area (Å²) in [5.74, 6) is 2.07. The molecular formula is C15H19N7OS. The number of aromatic nitrogens is 4. The molecule has 8 nitrogen and oxygen atoms in total.